The second-order valence-electron chi connectivity index (χ2n) is 4.86. The van der Waals surface area contributed by atoms with Gasteiger partial charge in [0.1, 0.15) is 0 Å². The Kier molecular flexibility index (Phi) is 3.42. The van der Waals surface area contributed by atoms with Crippen LogP contribution in [0.3, 0.4) is 0 Å². The number of fused-ring (bicyclic) bond motifs is 1. The van der Waals surface area contributed by atoms with Crippen LogP contribution in [0.1, 0.15) is 17.3 Å². The topological polar surface area (TPSA) is 111 Å². The van der Waals surface area contributed by atoms with Gasteiger partial charge < -0.3 is 10.6 Å². The lowest BCUT2D eigenvalue weighted by Crippen LogP contribution is -2.37. The molecular weight excluding hydrogens is 284 g/mol. The maximum Gasteiger partial charge on any atom is 0.245 e. The van der Waals surface area contributed by atoms with Crippen molar-refractivity contribution < 1.29 is 9.42 Å². The molecular formula is C14H14N6O2. The number of rotatable bonds is 4. The minimum Gasteiger partial charge on any atom is -0.381 e. The molecule has 1 aromatic carbocycles. The second kappa shape index (κ2) is 5.40. The lowest BCUT2D eigenvalue weighted by Gasteiger charge is -2.25. The van der Waals surface area contributed by atoms with Crippen molar-refractivity contribution in [2.75, 3.05) is 17.7 Å². The number of likely N-dealkylation sites (N-methyl/N-ethyl adjacent to an activating group) is 1. The molecule has 0 aliphatic heterocycles. The van der Waals surface area contributed by atoms with Crippen molar-refractivity contribution in [3.8, 4) is 0 Å². The molecule has 0 saturated carbocycles. The summed E-state index contributed by atoms with van der Waals surface area (Å²) < 4.78 is 4.57. The summed E-state index contributed by atoms with van der Waals surface area (Å²) >= 11 is 0. The van der Waals surface area contributed by atoms with Gasteiger partial charge in [-0.3, -0.25) is 4.79 Å². The molecule has 0 spiro atoms. The van der Waals surface area contributed by atoms with Crippen LogP contribution >= 0.6 is 0 Å². The van der Waals surface area contributed by atoms with Crippen LogP contribution in [-0.4, -0.2) is 39.2 Å². The molecule has 3 rings (SSSR count). The number of anilines is 2. The Balaban J connectivity index is 1.92. The molecule has 0 aliphatic carbocycles. The minimum atomic E-state index is -0.462. The van der Waals surface area contributed by atoms with E-state index in [9.17, 15) is 4.79 Å². The predicted molar refractivity (Wildman–Crippen MR) is 80.4 cm³/mol. The van der Waals surface area contributed by atoms with Crippen LogP contribution in [0.4, 0.5) is 11.6 Å². The average Bonchev–Trinajstić information content (AvgIpc) is 3.00. The summed E-state index contributed by atoms with van der Waals surface area (Å²) in [6.07, 6.45) is 0. The zero-order valence-electron chi connectivity index (χ0n) is 12.1. The van der Waals surface area contributed by atoms with Crippen LogP contribution in [0.5, 0.6) is 0 Å². The third-order valence-electron chi connectivity index (χ3n) is 3.47. The quantitative estimate of drug-likeness (QED) is 0.717. The van der Waals surface area contributed by atoms with Crippen LogP contribution in [0.15, 0.2) is 35.0 Å². The molecule has 22 heavy (non-hydrogen) atoms. The first-order chi connectivity index (χ1) is 10.6. The molecule has 0 saturated heterocycles. The molecule has 2 heterocycles. The summed E-state index contributed by atoms with van der Waals surface area (Å²) in [5.74, 6) is 0.487. The molecule has 0 amide bonds. The van der Waals surface area contributed by atoms with Gasteiger partial charge in [-0.2, -0.15) is 0 Å². The Morgan fingerprint density at radius 3 is 2.50 bits per heavy atom. The third-order valence-corrected chi connectivity index (χ3v) is 3.47. The fraction of sp³-hybridized carbons (Fsp3) is 0.214. The van der Waals surface area contributed by atoms with Gasteiger partial charge in [-0.25, -0.2) is 14.6 Å². The molecule has 1 atom stereocenters. The van der Waals surface area contributed by atoms with E-state index in [1.165, 1.54) is 0 Å². The molecule has 0 radical (unpaired) electrons. The molecule has 1 unspecified atom stereocenters. The summed E-state index contributed by atoms with van der Waals surface area (Å²) in [7, 11) is 1.73. The van der Waals surface area contributed by atoms with Crippen LogP contribution in [0.25, 0.3) is 11.3 Å². The molecule has 2 N–H and O–H groups in total. The summed E-state index contributed by atoms with van der Waals surface area (Å²) in [6, 6.07) is 8.58. The van der Waals surface area contributed by atoms with E-state index in [1.807, 2.05) is 18.2 Å². The van der Waals surface area contributed by atoms with E-state index in [4.69, 9.17) is 5.73 Å². The first kappa shape index (κ1) is 13.9. The Bertz CT molecular complexity index is 817. The first-order valence-corrected chi connectivity index (χ1v) is 6.66. The van der Waals surface area contributed by atoms with Crippen molar-refractivity contribution in [1.82, 2.24) is 20.3 Å². The number of hydrogen-bond donors (Lipinski definition) is 1. The van der Waals surface area contributed by atoms with Crippen molar-refractivity contribution >= 4 is 28.7 Å². The highest BCUT2D eigenvalue weighted by Crippen LogP contribution is 2.22. The van der Waals surface area contributed by atoms with Gasteiger partial charge in [-0.15, -0.1) is 0 Å². The van der Waals surface area contributed by atoms with Crippen molar-refractivity contribution in [3.63, 3.8) is 0 Å². The van der Waals surface area contributed by atoms with Gasteiger partial charge in [0.05, 0.1) is 6.04 Å². The number of nitrogen functional groups attached to an aromatic ring is 1. The van der Waals surface area contributed by atoms with Gasteiger partial charge in [0, 0.05) is 12.6 Å². The first-order valence-electron chi connectivity index (χ1n) is 6.66. The number of ketones is 1. The van der Waals surface area contributed by atoms with Crippen molar-refractivity contribution in [3.05, 3.63) is 35.9 Å². The highest BCUT2D eigenvalue weighted by Gasteiger charge is 2.23. The Morgan fingerprint density at radius 1 is 1.18 bits per heavy atom. The van der Waals surface area contributed by atoms with Crippen LogP contribution < -0.4 is 10.6 Å². The SMILES string of the molecule is CC(C(=O)c1ccccc1)N(C)c1nc2nonc2nc1N. The minimum absolute atomic E-state index is 0.0392. The highest BCUT2D eigenvalue weighted by molar-refractivity contribution is 6.01. The van der Waals surface area contributed by atoms with Crippen molar-refractivity contribution in [1.29, 1.82) is 0 Å². The van der Waals surface area contributed by atoms with E-state index in [2.05, 4.69) is 24.9 Å². The number of Topliss-reactive ketones (excluding diaryl/α,β-unsaturated/α-hetero) is 1. The Morgan fingerprint density at radius 2 is 1.82 bits per heavy atom. The van der Waals surface area contributed by atoms with Gasteiger partial charge in [-0.1, -0.05) is 30.3 Å². The van der Waals surface area contributed by atoms with E-state index in [0.717, 1.165) is 0 Å². The standard InChI is InChI=1S/C14H14N6O2/c1-8(10(21)9-6-4-3-5-7-9)20(2)14-11(15)16-12-13(17-14)19-22-18-12/h3-8H,1-2H3,(H2,15,16,18). The Labute approximate surface area is 125 Å². The van der Waals surface area contributed by atoms with Crippen molar-refractivity contribution in [2.24, 2.45) is 0 Å². The van der Waals surface area contributed by atoms with E-state index in [1.54, 1.807) is 31.0 Å². The fourth-order valence-electron chi connectivity index (χ4n) is 2.10. The van der Waals surface area contributed by atoms with Crippen molar-refractivity contribution in [2.45, 2.75) is 13.0 Å². The van der Waals surface area contributed by atoms with E-state index in [-0.39, 0.29) is 22.9 Å². The molecule has 3 aromatic rings. The lowest BCUT2D eigenvalue weighted by atomic mass is 10.0. The van der Waals surface area contributed by atoms with Crippen LogP contribution in [0, 0.1) is 0 Å². The highest BCUT2D eigenvalue weighted by atomic mass is 16.6. The molecule has 0 aliphatic rings. The van der Waals surface area contributed by atoms with Gasteiger partial charge in [-0.05, 0) is 17.2 Å². The lowest BCUT2D eigenvalue weighted by molar-refractivity contribution is 0.0966. The van der Waals surface area contributed by atoms with Gasteiger partial charge in [0.15, 0.2) is 17.4 Å². The number of hydrogen-bond acceptors (Lipinski definition) is 8. The molecule has 0 bridgehead atoms. The van der Waals surface area contributed by atoms with E-state index in [0.29, 0.717) is 11.4 Å². The summed E-state index contributed by atoms with van der Waals surface area (Å²) in [6.45, 7) is 1.78. The molecule has 8 nitrogen and oxygen atoms in total. The fourth-order valence-corrected chi connectivity index (χ4v) is 2.10. The molecule has 112 valence electrons. The van der Waals surface area contributed by atoms with Gasteiger partial charge in [0.25, 0.3) is 0 Å². The van der Waals surface area contributed by atoms with E-state index < -0.39 is 6.04 Å². The number of nitrogens with two attached hydrogens (primary N) is 1. The van der Waals surface area contributed by atoms with Crippen LogP contribution in [0.2, 0.25) is 0 Å². The Hall–Kier alpha value is -3.03. The molecule has 8 heteroatoms. The van der Waals surface area contributed by atoms with Crippen LogP contribution in [-0.2, 0) is 0 Å². The zero-order valence-corrected chi connectivity index (χ0v) is 12.1. The van der Waals surface area contributed by atoms with E-state index >= 15 is 0 Å². The predicted octanol–water partition coefficient (Wildman–Crippen LogP) is 1.30. The largest absolute Gasteiger partial charge is 0.381 e. The number of carbonyl (C=O) groups excluding carboxylic acids is 1. The maximum atomic E-state index is 12.5. The normalized spacial score (nSPS) is 12.3. The summed E-state index contributed by atoms with van der Waals surface area (Å²) in [4.78, 5) is 22.5. The summed E-state index contributed by atoms with van der Waals surface area (Å²) in [5, 5.41) is 7.22. The number of benzene rings is 1. The molecule has 2 aromatic heterocycles. The average molecular weight is 298 g/mol. The van der Waals surface area contributed by atoms with Gasteiger partial charge in [0.2, 0.25) is 11.3 Å². The third kappa shape index (κ3) is 2.34. The number of aromatic nitrogens is 4. The zero-order chi connectivity index (χ0) is 15.7. The smallest absolute Gasteiger partial charge is 0.245 e. The monoisotopic (exact) mass is 298 g/mol. The summed E-state index contributed by atoms with van der Waals surface area (Å²) in [5.41, 5.74) is 6.99. The molecule has 0 fully saturated rings. The number of carbonyl (C=O) groups is 1. The number of nitrogens with zero attached hydrogens (tertiary/aromatic N) is 5. The second-order valence-corrected chi connectivity index (χ2v) is 4.86. The maximum absolute atomic E-state index is 12.5. The van der Waals surface area contributed by atoms with Gasteiger partial charge >= 0.3 is 0 Å².